The van der Waals surface area contributed by atoms with Crippen LogP contribution in [0.2, 0.25) is 0 Å². The van der Waals surface area contributed by atoms with Crippen molar-refractivity contribution in [3.8, 4) is 11.5 Å². The smallest absolute Gasteiger partial charge is 0.119 e. The van der Waals surface area contributed by atoms with Crippen LogP contribution >= 0.6 is 0 Å². The first-order valence-corrected chi connectivity index (χ1v) is 4.66. The normalized spacial score (nSPS) is 10.0. The average Bonchev–Trinajstić information content (AvgIpc) is 2.12. The van der Waals surface area contributed by atoms with Gasteiger partial charge in [0.2, 0.25) is 0 Å². The van der Waals surface area contributed by atoms with Gasteiger partial charge in [0.1, 0.15) is 11.5 Å². The van der Waals surface area contributed by atoms with Gasteiger partial charge in [-0.25, -0.2) is 0 Å². The summed E-state index contributed by atoms with van der Waals surface area (Å²) in [6.07, 6.45) is 2.21. The Kier molecular flexibility index (Phi) is 3.62. The highest BCUT2D eigenvalue weighted by atomic mass is 16.5. The van der Waals surface area contributed by atoms with E-state index in [1.54, 1.807) is 12.1 Å². The number of hydrogen-bond donors (Lipinski definition) is 1. The van der Waals surface area contributed by atoms with Crippen LogP contribution in [0.15, 0.2) is 18.2 Å². The molecule has 0 saturated heterocycles. The van der Waals surface area contributed by atoms with Crippen molar-refractivity contribution in [2.24, 2.45) is 0 Å². The third-order valence-electron chi connectivity index (χ3n) is 1.93. The number of rotatable bonds is 4. The van der Waals surface area contributed by atoms with Gasteiger partial charge in [0, 0.05) is 0 Å². The van der Waals surface area contributed by atoms with E-state index >= 15 is 0 Å². The topological polar surface area (TPSA) is 29.5 Å². The van der Waals surface area contributed by atoms with Crippen molar-refractivity contribution in [1.82, 2.24) is 0 Å². The first kappa shape index (κ1) is 9.90. The molecule has 0 amide bonds. The third-order valence-corrected chi connectivity index (χ3v) is 1.93. The Hall–Kier alpha value is -1.18. The van der Waals surface area contributed by atoms with Gasteiger partial charge in [-0.1, -0.05) is 13.3 Å². The Labute approximate surface area is 79.2 Å². The van der Waals surface area contributed by atoms with Crippen LogP contribution in [-0.2, 0) is 0 Å². The maximum absolute atomic E-state index is 9.26. The second-order valence-electron chi connectivity index (χ2n) is 3.15. The quantitative estimate of drug-likeness (QED) is 0.722. The van der Waals surface area contributed by atoms with Crippen molar-refractivity contribution in [2.75, 3.05) is 6.61 Å². The number of phenolic OH excluding ortho intramolecular Hbond substituents is 1. The molecule has 13 heavy (non-hydrogen) atoms. The Morgan fingerprint density at radius 3 is 2.77 bits per heavy atom. The zero-order valence-electron chi connectivity index (χ0n) is 8.21. The molecular formula is C11H16O2. The molecular weight excluding hydrogens is 164 g/mol. The van der Waals surface area contributed by atoms with Crippen LogP contribution in [0.1, 0.15) is 25.3 Å². The molecule has 0 saturated carbocycles. The second kappa shape index (κ2) is 4.75. The van der Waals surface area contributed by atoms with Gasteiger partial charge < -0.3 is 9.84 Å². The van der Waals surface area contributed by atoms with E-state index in [0.29, 0.717) is 5.75 Å². The highest BCUT2D eigenvalue weighted by molar-refractivity contribution is 5.38. The molecule has 72 valence electrons. The second-order valence-corrected chi connectivity index (χ2v) is 3.15. The monoisotopic (exact) mass is 180 g/mol. The van der Waals surface area contributed by atoms with Crippen LogP contribution in [0, 0.1) is 6.92 Å². The molecule has 1 rings (SSSR count). The van der Waals surface area contributed by atoms with Gasteiger partial charge >= 0.3 is 0 Å². The van der Waals surface area contributed by atoms with E-state index in [9.17, 15) is 5.11 Å². The molecule has 0 aliphatic carbocycles. The fourth-order valence-corrected chi connectivity index (χ4v) is 1.05. The number of phenols is 1. The summed E-state index contributed by atoms with van der Waals surface area (Å²) < 4.78 is 5.47. The van der Waals surface area contributed by atoms with Crippen molar-refractivity contribution in [2.45, 2.75) is 26.7 Å². The van der Waals surface area contributed by atoms with Crippen LogP contribution in [0.4, 0.5) is 0 Å². The molecule has 1 aromatic rings. The van der Waals surface area contributed by atoms with Crippen LogP contribution in [0.5, 0.6) is 11.5 Å². The van der Waals surface area contributed by atoms with Crippen LogP contribution in [0.25, 0.3) is 0 Å². The number of hydrogen-bond acceptors (Lipinski definition) is 2. The minimum Gasteiger partial charge on any atom is -0.508 e. The van der Waals surface area contributed by atoms with Crippen LogP contribution in [0.3, 0.4) is 0 Å². The largest absolute Gasteiger partial charge is 0.508 e. The van der Waals surface area contributed by atoms with E-state index in [1.807, 2.05) is 13.0 Å². The highest BCUT2D eigenvalue weighted by Crippen LogP contribution is 2.21. The predicted molar refractivity (Wildman–Crippen MR) is 53.2 cm³/mol. The van der Waals surface area contributed by atoms with E-state index in [4.69, 9.17) is 4.74 Å². The van der Waals surface area contributed by atoms with Crippen LogP contribution < -0.4 is 4.74 Å². The summed E-state index contributed by atoms with van der Waals surface area (Å²) in [5.41, 5.74) is 0.856. The summed E-state index contributed by atoms with van der Waals surface area (Å²) in [6, 6.07) is 5.31. The summed E-state index contributed by atoms with van der Waals surface area (Å²) in [4.78, 5) is 0. The molecule has 0 heterocycles. The minimum absolute atomic E-state index is 0.322. The van der Waals surface area contributed by atoms with Gasteiger partial charge in [-0.15, -0.1) is 0 Å². The molecule has 0 fully saturated rings. The number of unbranched alkanes of at least 4 members (excludes halogenated alkanes) is 1. The maximum atomic E-state index is 9.26. The molecule has 0 aliphatic rings. The summed E-state index contributed by atoms with van der Waals surface area (Å²) in [5.74, 6) is 1.16. The van der Waals surface area contributed by atoms with Crippen molar-refractivity contribution >= 4 is 0 Å². The summed E-state index contributed by atoms with van der Waals surface area (Å²) in [6.45, 7) is 4.74. The highest BCUT2D eigenvalue weighted by Gasteiger charge is 1.97. The molecule has 0 atom stereocenters. The Morgan fingerprint density at radius 2 is 2.15 bits per heavy atom. The SMILES string of the molecule is CCCCOc1ccc(O)c(C)c1. The van der Waals surface area contributed by atoms with Gasteiger partial charge in [0.05, 0.1) is 6.61 Å². The standard InChI is InChI=1S/C11H16O2/c1-3-4-7-13-10-5-6-11(12)9(2)8-10/h5-6,8,12H,3-4,7H2,1-2H3. The van der Waals surface area contributed by atoms with Crippen molar-refractivity contribution in [1.29, 1.82) is 0 Å². The Balaban J connectivity index is 2.53. The molecule has 1 N–H and O–H groups in total. The third kappa shape index (κ3) is 2.98. The fraction of sp³-hybridized carbons (Fsp3) is 0.455. The average molecular weight is 180 g/mol. The summed E-state index contributed by atoms with van der Waals surface area (Å²) in [7, 11) is 0. The summed E-state index contributed by atoms with van der Waals surface area (Å²) in [5, 5.41) is 9.26. The molecule has 0 aliphatic heterocycles. The van der Waals surface area contributed by atoms with Crippen molar-refractivity contribution < 1.29 is 9.84 Å². The lowest BCUT2D eigenvalue weighted by Crippen LogP contribution is -1.96. The molecule has 0 bridgehead atoms. The first-order valence-electron chi connectivity index (χ1n) is 4.66. The number of ether oxygens (including phenoxy) is 1. The van der Waals surface area contributed by atoms with E-state index in [1.165, 1.54) is 0 Å². The number of benzene rings is 1. The molecule has 0 radical (unpaired) electrons. The molecule has 2 heteroatoms. The van der Waals surface area contributed by atoms with E-state index in [0.717, 1.165) is 30.8 Å². The zero-order chi connectivity index (χ0) is 9.68. The van der Waals surface area contributed by atoms with Crippen molar-refractivity contribution in [3.63, 3.8) is 0 Å². The van der Waals surface area contributed by atoms with Gasteiger partial charge in [-0.05, 0) is 37.1 Å². The lowest BCUT2D eigenvalue weighted by atomic mass is 10.2. The van der Waals surface area contributed by atoms with Crippen molar-refractivity contribution in [3.05, 3.63) is 23.8 Å². The molecule has 0 spiro atoms. The van der Waals surface area contributed by atoms with E-state index in [-0.39, 0.29) is 0 Å². The fourth-order valence-electron chi connectivity index (χ4n) is 1.05. The van der Waals surface area contributed by atoms with E-state index in [2.05, 4.69) is 6.92 Å². The zero-order valence-corrected chi connectivity index (χ0v) is 8.21. The Bertz CT molecular complexity index is 269. The minimum atomic E-state index is 0.322. The lowest BCUT2D eigenvalue weighted by molar-refractivity contribution is 0.308. The van der Waals surface area contributed by atoms with Gasteiger partial charge in [-0.3, -0.25) is 0 Å². The predicted octanol–water partition coefficient (Wildman–Crippen LogP) is 2.88. The lowest BCUT2D eigenvalue weighted by Gasteiger charge is -2.06. The number of aryl methyl sites for hydroxylation is 1. The molecule has 1 aromatic carbocycles. The first-order chi connectivity index (χ1) is 6.24. The maximum Gasteiger partial charge on any atom is 0.119 e. The Morgan fingerprint density at radius 1 is 1.38 bits per heavy atom. The van der Waals surface area contributed by atoms with Crippen LogP contribution in [-0.4, -0.2) is 11.7 Å². The van der Waals surface area contributed by atoms with Gasteiger partial charge in [0.25, 0.3) is 0 Å². The van der Waals surface area contributed by atoms with Gasteiger partial charge in [-0.2, -0.15) is 0 Å². The van der Waals surface area contributed by atoms with Gasteiger partial charge in [0.15, 0.2) is 0 Å². The molecule has 2 nitrogen and oxygen atoms in total. The number of aromatic hydroxyl groups is 1. The molecule has 0 unspecified atom stereocenters. The summed E-state index contributed by atoms with van der Waals surface area (Å²) >= 11 is 0. The van der Waals surface area contributed by atoms with E-state index < -0.39 is 0 Å². The molecule has 0 aromatic heterocycles.